The van der Waals surface area contributed by atoms with Gasteiger partial charge in [0.05, 0.1) is 5.69 Å². The van der Waals surface area contributed by atoms with Crippen LogP contribution in [0.2, 0.25) is 0 Å². The van der Waals surface area contributed by atoms with E-state index >= 15 is 0 Å². The molecule has 1 amide bonds. The molecule has 0 saturated carbocycles. The molecule has 32 heavy (non-hydrogen) atoms. The molecule has 2 aromatic rings. The van der Waals surface area contributed by atoms with Crippen molar-refractivity contribution in [3.63, 3.8) is 0 Å². The van der Waals surface area contributed by atoms with Crippen LogP contribution in [0.5, 0.6) is 0 Å². The summed E-state index contributed by atoms with van der Waals surface area (Å²) in [5.41, 5.74) is 1.72. The minimum absolute atomic E-state index is 0.178. The van der Waals surface area contributed by atoms with E-state index in [2.05, 4.69) is 32.9 Å². The molecule has 0 radical (unpaired) electrons. The number of amides is 1. The maximum Gasteiger partial charge on any atom is 0.410 e. The number of hydrogen-bond acceptors (Lipinski definition) is 4. The van der Waals surface area contributed by atoms with E-state index in [9.17, 15) is 4.79 Å². The number of fused-ring (bicyclic) bond motifs is 2. The number of hydrogen-bond donors (Lipinski definition) is 2. The monoisotopic (exact) mass is 438 g/mol. The first-order valence-electron chi connectivity index (χ1n) is 11.4. The lowest BCUT2D eigenvalue weighted by atomic mass is 9.98. The highest BCUT2D eigenvalue weighted by Crippen LogP contribution is 2.36. The number of aromatic nitrogens is 2. The van der Waals surface area contributed by atoms with Crippen LogP contribution in [0.4, 0.5) is 4.79 Å². The van der Waals surface area contributed by atoms with Crippen LogP contribution in [-0.4, -0.2) is 57.5 Å². The van der Waals surface area contributed by atoms with Crippen molar-refractivity contribution in [2.75, 3.05) is 7.05 Å². The third kappa shape index (κ3) is 5.23. The Hall–Kier alpha value is -3.03. The number of piperidine rings is 1. The van der Waals surface area contributed by atoms with Crippen LogP contribution in [0.1, 0.15) is 52.0 Å². The van der Waals surface area contributed by atoms with Crippen molar-refractivity contribution in [1.82, 2.24) is 25.3 Å². The van der Waals surface area contributed by atoms with Crippen molar-refractivity contribution in [3.05, 3.63) is 48.3 Å². The molecule has 2 aliphatic rings. The van der Waals surface area contributed by atoms with Gasteiger partial charge >= 0.3 is 6.09 Å². The van der Waals surface area contributed by atoms with Gasteiger partial charge < -0.3 is 20.3 Å². The number of nitrogens with zero attached hydrogens (tertiary/aromatic N) is 4. The van der Waals surface area contributed by atoms with Crippen molar-refractivity contribution in [2.45, 2.75) is 76.7 Å². The molecule has 0 spiro atoms. The second-order valence-electron chi connectivity index (χ2n) is 9.63. The third-order valence-electron chi connectivity index (χ3n) is 6.04. The molecule has 1 aromatic heterocycles. The molecular formula is C24H34N6O2. The summed E-state index contributed by atoms with van der Waals surface area (Å²) in [6.45, 7) is 6.42. The highest BCUT2D eigenvalue weighted by molar-refractivity contribution is 5.80. The first-order valence-corrected chi connectivity index (χ1v) is 11.4. The van der Waals surface area contributed by atoms with Crippen molar-refractivity contribution in [2.24, 2.45) is 4.99 Å². The highest BCUT2D eigenvalue weighted by atomic mass is 16.6. The third-order valence-corrected chi connectivity index (χ3v) is 6.04. The largest absolute Gasteiger partial charge is 0.444 e. The molecule has 2 bridgehead atoms. The van der Waals surface area contributed by atoms with Crippen LogP contribution in [0.25, 0.3) is 5.69 Å². The molecule has 3 heterocycles. The first-order chi connectivity index (χ1) is 15.3. The smallest absolute Gasteiger partial charge is 0.410 e. The second-order valence-corrected chi connectivity index (χ2v) is 9.63. The van der Waals surface area contributed by atoms with Gasteiger partial charge in [-0.1, -0.05) is 12.1 Å². The van der Waals surface area contributed by atoms with Crippen LogP contribution >= 0.6 is 0 Å². The summed E-state index contributed by atoms with van der Waals surface area (Å²) in [7, 11) is 1.79. The van der Waals surface area contributed by atoms with E-state index in [0.717, 1.165) is 42.9 Å². The summed E-state index contributed by atoms with van der Waals surface area (Å²) >= 11 is 0. The fourth-order valence-corrected chi connectivity index (χ4v) is 4.71. The number of carbonyl (C=O) groups is 1. The number of guanidine groups is 1. The Morgan fingerprint density at radius 1 is 1.22 bits per heavy atom. The number of ether oxygens (including phenoxy) is 1. The second kappa shape index (κ2) is 9.22. The van der Waals surface area contributed by atoms with Gasteiger partial charge in [-0.25, -0.2) is 9.48 Å². The fraction of sp³-hybridized carbons (Fsp3) is 0.542. The Balaban J connectivity index is 1.32. The van der Waals surface area contributed by atoms with Crippen molar-refractivity contribution in [3.8, 4) is 5.69 Å². The molecule has 2 fully saturated rings. The summed E-state index contributed by atoms with van der Waals surface area (Å²) < 4.78 is 7.50. The van der Waals surface area contributed by atoms with Gasteiger partial charge in [-0.2, -0.15) is 5.10 Å². The SMILES string of the molecule is CN=C(NCc1cccc(-n2cccn2)c1)NC1CC2CCC(C1)N2C(=O)OC(C)(C)C. The fourth-order valence-electron chi connectivity index (χ4n) is 4.71. The molecule has 2 atom stereocenters. The predicted molar refractivity (Wildman–Crippen MR) is 125 cm³/mol. The Kier molecular flexibility index (Phi) is 6.39. The molecule has 2 N–H and O–H groups in total. The van der Waals surface area contributed by atoms with E-state index < -0.39 is 5.60 Å². The molecule has 2 saturated heterocycles. The summed E-state index contributed by atoms with van der Waals surface area (Å²) in [5, 5.41) is 11.3. The molecule has 2 aliphatic heterocycles. The number of nitrogens with one attached hydrogen (secondary N) is 2. The van der Waals surface area contributed by atoms with Gasteiger partial charge in [-0.15, -0.1) is 0 Å². The van der Waals surface area contributed by atoms with Gasteiger partial charge in [0.1, 0.15) is 5.60 Å². The zero-order valence-electron chi connectivity index (χ0n) is 19.4. The molecular weight excluding hydrogens is 404 g/mol. The lowest BCUT2D eigenvalue weighted by Crippen LogP contribution is -2.54. The zero-order valence-corrected chi connectivity index (χ0v) is 19.4. The summed E-state index contributed by atoms with van der Waals surface area (Å²) in [4.78, 5) is 19.1. The van der Waals surface area contributed by atoms with Crippen molar-refractivity contribution in [1.29, 1.82) is 0 Å². The summed E-state index contributed by atoms with van der Waals surface area (Å²) in [6.07, 6.45) is 7.42. The zero-order chi connectivity index (χ0) is 22.7. The van der Waals surface area contributed by atoms with E-state index in [-0.39, 0.29) is 24.2 Å². The minimum atomic E-state index is -0.466. The molecule has 172 valence electrons. The average molecular weight is 439 g/mol. The van der Waals surface area contributed by atoms with E-state index in [4.69, 9.17) is 4.74 Å². The van der Waals surface area contributed by atoms with E-state index in [0.29, 0.717) is 6.54 Å². The molecule has 8 heteroatoms. The van der Waals surface area contributed by atoms with Crippen molar-refractivity contribution < 1.29 is 9.53 Å². The summed E-state index contributed by atoms with van der Waals surface area (Å²) in [5.74, 6) is 0.782. The molecule has 1 aromatic carbocycles. The molecule has 4 rings (SSSR count). The van der Waals surface area contributed by atoms with Crippen LogP contribution in [0, 0.1) is 0 Å². The number of rotatable bonds is 4. The first kappa shape index (κ1) is 22.2. The van der Waals surface area contributed by atoms with Crippen LogP contribution in [0.3, 0.4) is 0 Å². The quantitative estimate of drug-likeness (QED) is 0.564. The van der Waals surface area contributed by atoms with Gasteiger partial charge in [0.2, 0.25) is 0 Å². The Bertz CT molecular complexity index is 936. The van der Waals surface area contributed by atoms with Gasteiger partial charge in [0, 0.05) is 44.1 Å². The van der Waals surface area contributed by atoms with Crippen molar-refractivity contribution >= 4 is 12.1 Å². The predicted octanol–water partition coefficient (Wildman–Crippen LogP) is 3.47. The van der Waals surface area contributed by atoms with Crippen LogP contribution < -0.4 is 10.6 Å². The maximum absolute atomic E-state index is 12.7. The Morgan fingerprint density at radius 2 is 1.97 bits per heavy atom. The number of benzene rings is 1. The topological polar surface area (TPSA) is 83.8 Å². The molecule has 2 unspecified atom stereocenters. The lowest BCUT2D eigenvalue weighted by Gasteiger charge is -2.40. The molecule has 0 aliphatic carbocycles. The average Bonchev–Trinajstić information content (AvgIpc) is 3.37. The van der Waals surface area contributed by atoms with Gasteiger partial charge in [0.25, 0.3) is 0 Å². The van der Waals surface area contributed by atoms with Gasteiger partial charge in [-0.05, 0) is 70.2 Å². The number of aliphatic imine (C=N–C) groups is 1. The van der Waals surface area contributed by atoms with E-state index in [1.54, 1.807) is 13.2 Å². The minimum Gasteiger partial charge on any atom is -0.444 e. The van der Waals surface area contributed by atoms with E-state index in [1.807, 2.05) is 54.7 Å². The standard InChI is InChI=1S/C24H34N6O2/c1-24(2,3)32-23(31)30-20-9-10-21(30)15-18(14-20)28-22(25-4)26-16-17-7-5-8-19(13-17)29-12-6-11-27-29/h5-8,11-13,18,20-21H,9-10,14-16H2,1-4H3,(H2,25,26,28). The van der Waals surface area contributed by atoms with Crippen LogP contribution in [0.15, 0.2) is 47.7 Å². The maximum atomic E-state index is 12.7. The van der Waals surface area contributed by atoms with Gasteiger partial charge in [0.15, 0.2) is 5.96 Å². The normalized spacial score (nSPS) is 23.2. The highest BCUT2D eigenvalue weighted by Gasteiger charge is 2.45. The van der Waals surface area contributed by atoms with Gasteiger partial charge in [-0.3, -0.25) is 4.99 Å². The lowest BCUT2D eigenvalue weighted by molar-refractivity contribution is 0.00545. The van der Waals surface area contributed by atoms with Crippen LogP contribution in [-0.2, 0) is 11.3 Å². The van der Waals surface area contributed by atoms with E-state index in [1.165, 1.54) is 0 Å². The Morgan fingerprint density at radius 3 is 2.59 bits per heavy atom. The Labute approximate surface area is 190 Å². The summed E-state index contributed by atoms with van der Waals surface area (Å²) in [6, 6.07) is 10.9. The number of carbonyl (C=O) groups excluding carboxylic acids is 1. The molecule has 8 nitrogen and oxygen atoms in total.